The molecule has 0 fully saturated rings. The van der Waals surface area contributed by atoms with E-state index in [2.05, 4.69) is 10.3 Å². The molecule has 3 aromatic rings. The van der Waals surface area contributed by atoms with Crippen LogP contribution in [0.5, 0.6) is 0 Å². The third kappa shape index (κ3) is 4.00. The molecule has 0 aliphatic rings. The molecule has 0 aliphatic carbocycles. The predicted molar refractivity (Wildman–Crippen MR) is 109 cm³/mol. The molecule has 2 aromatic heterocycles. The fourth-order valence-corrected chi connectivity index (χ4v) is 3.02. The van der Waals surface area contributed by atoms with E-state index < -0.39 is 5.91 Å². The van der Waals surface area contributed by atoms with Crippen LogP contribution in [0.4, 0.5) is 0 Å². The maximum absolute atomic E-state index is 13.1. The summed E-state index contributed by atoms with van der Waals surface area (Å²) in [6.07, 6.45) is 5.18. The Kier molecular flexibility index (Phi) is 5.96. The molecular formula is C20H21ClN4O3. The summed E-state index contributed by atoms with van der Waals surface area (Å²) in [7, 11) is 0. The van der Waals surface area contributed by atoms with Crippen molar-refractivity contribution in [1.82, 2.24) is 19.3 Å². The number of carbonyl (C=O) groups excluding carboxylic acids is 1. The minimum atomic E-state index is -0.452. The van der Waals surface area contributed by atoms with Crippen LogP contribution in [-0.2, 0) is 6.54 Å². The van der Waals surface area contributed by atoms with Crippen molar-refractivity contribution in [3.8, 4) is 11.3 Å². The Morgan fingerprint density at radius 3 is 2.71 bits per heavy atom. The number of imidazole rings is 1. The average molecular weight is 401 g/mol. The summed E-state index contributed by atoms with van der Waals surface area (Å²) in [6.45, 7) is 4.21. The molecule has 0 unspecified atom stereocenters. The largest absolute Gasteiger partial charge is 0.395 e. The van der Waals surface area contributed by atoms with Gasteiger partial charge in [0.15, 0.2) is 0 Å². The first-order chi connectivity index (χ1) is 13.4. The number of carbonyl (C=O) groups is 1. The molecule has 8 heteroatoms. The third-order valence-electron chi connectivity index (χ3n) is 4.18. The van der Waals surface area contributed by atoms with Crippen LogP contribution in [0.3, 0.4) is 0 Å². The van der Waals surface area contributed by atoms with Crippen LogP contribution >= 0.6 is 11.6 Å². The molecule has 0 atom stereocenters. The van der Waals surface area contributed by atoms with Gasteiger partial charge in [-0.25, -0.2) is 4.98 Å². The van der Waals surface area contributed by atoms with Crippen LogP contribution in [0.2, 0.25) is 5.02 Å². The van der Waals surface area contributed by atoms with E-state index in [9.17, 15) is 9.59 Å². The van der Waals surface area contributed by atoms with Gasteiger partial charge in [-0.05, 0) is 19.9 Å². The van der Waals surface area contributed by atoms with Gasteiger partial charge in [0.2, 0.25) is 5.65 Å². The van der Waals surface area contributed by atoms with Crippen molar-refractivity contribution < 1.29 is 9.90 Å². The lowest BCUT2D eigenvalue weighted by molar-refractivity contribution is 0.0940. The Hall–Kier alpha value is -2.90. The second-order valence-corrected chi connectivity index (χ2v) is 6.94. The number of aromatic nitrogens is 3. The van der Waals surface area contributed by atoms with Crippen molar-refractivity contribution in [2.45, 2.75) is 20.4 Å². The Morgan fingerprint density at radius 2 is 2.04 bits per heavy atom. The number of fused-ring (bicyclic) bond motifs is 1. The second kappa shape index (κ2) is 8.41. The van der Waals surface area contributed by atoms with Crippen molar-refractivity contribution in [3.63, 3.8) is 0 Å². The molecule has 3 rings (SSSR count). The van der Waals surface area contributed by atoms with E-state index >= 15 is 0 Å². The summed E-state index contributed by atoms with van der Waals surface area (Å²) < 4.78 is 3.12. The summed E-state index contributed by atoms with van der Waals surface area (Å²) in [5.74, 6) is -0.452. The highest BCUT2D eigenvalue weighted by Gasteiger charge is 2.17. The number of benzene rings is 1. The molecule has 28 heavy (non-hydrogen) atoms. The van der Waals surface area contributed by atoms with E-state index in [0.717, 1.165) is 5.57 Å². The van der Waals surface area contributed by atoms with Crippen molar-refractivity contribution in [2.75, 3.05) is 13.2 Å². The standard InChI is InChI=1S/C20H21ClN4O3/c1-13(2)7-9-25-17(14-5-3-4-6-15(14)21)12-24-11-16(19(27)22-8-10-26)23-18(24)20(25)28/h3-7,11-12,26H,8-10H2,1-2H3,(H,22,27). The van der Waals surface area contributed by atoms with Crippen LogP contribution in [0.15, 0.2) is 53.1 Å². The van der Waals surface area contributed by atoms with E-state index in [4.69, 9.17) is 16.7 Å². The summed E-state index contributed by atoms with van der Waals surface area (Å²) in [5, 5.41) is 11.9. The number of allylic oxidation sites excluding steroid dienone is 2. The highest BCUT2D eigenvalue weighted by atomic mass is 35.5. The zero-order valence-corrected chi connectivity index (χ0v) is 16.4. The maximum atomic E-state index is 13.1. The topological polar surface area (TPSA) is 88.6 Å². The molecule has 1 amide bonds. The smallest absolute Gasteiger partial charge is 0.295 e. The highest BCUT2D eigenvalue weighted by Crippen LogP contribution is 2.27. The first-order valence-electron chi connectivity index (χ1n) is 8.82. The first-order valence-corrected chi connectivity index (χ1v) is 9.20. The number of rotatable bonds is 6. The molecule has 0 spiro atoms. The molecule has 146 valence electrons. The summed E-state index contributed by atoms with van der Waals surface area (Å²) in [4.78, 5) is 29.5. The summed E-state index contributed by atoms with van der Waals surface area (Å²) in [5.41, 5.74) is 2.34. The van der Waals surface area contributed by atoms with Crippen LogP contribution < -0.4 is 10.9 Å². The number of halogens is 1. The first kappa shape index (κ1) is 19.9. The number of amides is 1. The van der Waals surface area contributed by atoms with E-state index in [1.807, 2.05) is 38.1 Å². The Balaban J connectivity index is 2.21. The van der Waals surface area contributed by atoms with Gasteiger partial charge in [-0.1, -0.05) is 41.4 Å². The zero-order chi connectivity index (χ0) is 20.3. The Bertz CT molecular complexity index is 1110. The second-order valence-electron chi connectivity index (χ2n) is 6.53. The van der Waals surface area contributed by atoms with Gasteiger partial charge in [-0.15, -0.1) is 0 Å². The van der Waals surface area contributed by atoms with Crippen molar-refractivity contribution >= 4 is 23.2 Å². The normalized spacial score (nSPS) is 10.9. The number of aliphatic hydroxyl groups is 1. The lowest BCUT2D eigenvalue weighted by Crippen LogP contribution is -2.26. The minimum Gasteiger partial charge on any atom is -0.395 e. The molecule has 0 bridgehead atoms. The molecule has 0 radical (unpaired) electrons. The molecule has 2 N–H and O–H groups in total. The zero-order valence-electron chi connectivity index (χ0n) is 15.6. The number of nitrogens with zero attached hydrogens (tertiary/aromatic N) is 3. The van der Waals surface area contributed by atoms with Crippen molar-refractivity contribution in [1.29, 1.82) is 0 Å². The van der Waals surface area contributed by atoms with E-state index in [1.54, 1.807) is 16.8 Å². The Morgan fingerprint density at radius 1 is 1.29 bits per heavy atom. The predicted octanol–water partition coefficient (Wildman–Crippen LogP) is 2.50. The van der Waals surface area contributed by atoms with Gasteiger partial charge in [0.25, 0.3) is 11.5 Å². The van der Waals surface area contributed by atoms with E-state index in [0.29, 0.717) is 22.8 Å². The molecule has 2 heterocycles. The molecule has 1 aromatic carbocycles. The van der Waals surface area contributed by atoms with Crippen LogP contribution in [0.1, 0.15) is 24.3 Å². The van der Waals surface area contributed by atoms with Crippen LogP contribution in [0.25, 0.3) is 16.9 Å². The fourth-order valence-electron chi connectivity index (χ4n) is 2.79. The van der Waals surface area contributed by atoms with Gasteiger partial charge < -0.3 is 10.4 Å². The van der Waals surface area contributed by atoms with Gasteiger partial charge in [0.05, 0.1) is 12.3 Å². The number of aliphatic hydroxyl groups excluding tert-OH is 1. The van der Waals surface area contributed by atoms with Gasteiger partial charge in [0, 0.05) is 36.1 Å². The molecule has 0 saturated carbocycles. The van der Waals surface area contributed by atoms with Gasteiger partial charge in [-0.3, -0.25) is 18.6 Å². The highest BCUT2D eigenvalue weighted by molar-refractivity contribution is 6.33. The number of nitrogens with one attached hydrogen (secondary N) is 1. The summed E-state index contributed by atoms with van der Waals surface area (Å²) >= 11 is 6.37. The summed E-state index contributed by atoms with van der Waals surface area (Å²) in [6, 6.07) is 7.28. The van der Waals surface area contributed by atoms with Gasteiger partial charge >= 0.3 is 0 Å². The number of hydrogen-bond donors (Lipinski definition) is 2. The SMILES string of the molecule is CC(C)=CCn1c(-c2ccccc2Cl)cn2cc(C(=O)NCCO)nc2c1=O. The van der Waals surface area contributed by atoms with Crippen molar-refractivity contribution in [2.24, 2.45) is 0 Å². The lowest BCUT2D eigenvalue weighted by Gasteiger charge is -2.13. The lowest BCUT2D eigenvalue weighted by atomic mass is 10.1. The molecule has 0 aliphatic heterocycles. The molecule has 7 nitrogen and oxygen atoms in total. The fraction of sp³-hybridized carbons (Fsp3) is 0.250. The van der Waals surface area contributed by atoms with Crippen LogP contribution in [0, 0.1) is 0 Å². The molecule has 0 saturated heterocycles. The average Bonchev–Trinajstić information content (AvgIpc) is 3.10. The quantitative estimate of drug-likeness (QED) is 0.622. The minimum absolute atomic E-state index is 0.107. The third-order valence-corrected chi connectivity index (χ3v) is 4.51. The monoisotopic (exact) mass is 400 g/mol. The van der Waals surface area contributed by atoms with Crippen LogP contribution in [-0.4, -0.2) is 38.1 Å². The molecular weight excluding hydrogens is 380 g/mol. The van der Waals surface area contributed by atoms with E-state index in [1.165, 1.54) is 10.6 Å². The van der Waals surface area contributed by atoms with Gasteiger partial charge in [-0.2, -0.15) is 0 Å². The van der Waals surface area contributed by atoms with Crippen molar-refractivity contribution in [3.05, 3.63) is 69.4 Å². The number of hydrogen-bond acceptors (Lipinski definition) is 4. The maximum Gasteiger partial charge on any atom is 0.295 e. The Labute approximate surface area is 166 Å². The van der Waals surface area contributed by atoms with E-state index in [-0.39, 0.29) is 30.1 Å². The van der Waals surface area contributed by atoms with Gasteiger partial charge in [0.1, 0.15) is 5.69 Å².